The van der Waals surface area contributed by atoms with Gasteiger partial charge in [-0.2, -0.15) is 0 Å². The number of carbonyl (C=O) groups excluding carboxylic acids is 1. The van der Waals surface area contributed by atoms with Gasteiger partial charge in [0.05, 0.1) is 19.8 Å². The highest BCUT2D eigenvalue weighted by molar-refractivity contribution is 5.90. The molecule has 6 nitrogen and oxygen atoms in total. The number of ether oxygens (including phenoxy) is 2. The van der Waals surface area contributed by atoms with Crippen LogP contribution in [0.5, 0.6) is 5.75 Å². The highest BCUT2D eigenvalue weighted by Crippen LogP contribution is 2.27. The Balaban J connectivity index is 1.74. The Morgan fingerprint density at radius 3 is 1.83 bits per heavy atom. The number of benzene rings is 3. The zero-order chi connectivity index (χ0) is 26.3. The van der Waals surface area contributed by atoms with Crippen molar-refractivity contribution in [2.24, 2.45) is 0 Å². The summed E-state index contributed by atoms with van der Waals surface area (Å²) in [4.78, 5) is 24.6. The third-order valence-electron chi connectivity index (χ3n) is 5.53. The summed E-state index contributed by atoms with van der Waals surface area (Å²) in [5.41, 5.74) is 4.39. The summed E-state index contributed by atoms with van der Waals surface area (Å²) < 4.78 is 10.3. The summed E-state index contributed by atoms with van der Waals surface area (Å²) in [6, 6.07) is 20.5. The van der Waals surface area contributed by atoms with E-state index < -0.39 is 11.6 Å². The number of hydrogen-bond donors (Lipinski definition) is 1. The van der Waals surface area contributed by atoms with Crippen molar-refractivity contribution >= 4 is 42.1 Å². The van der Waals surface area contributed by atoms with Crippen LogP contribution < -0.4 is 9.64 Å². The number of amides is 1. The molecule has 0 fully saturated rings. The SMILES string of the molecule is COC(=O)c1ccc(/C=C/c2ccc(/C=C/c3ccc(N(C(=O)O)C(C)(C)C)cc3)c(OC)c2)cc1. The summed E-state index contributed by atoms with van der Waals surface area (Å²) >= 11 is 0. The van der Waals surface area contributed by atoms with Gasteiger partial charge in [0.1, 0.15) is 5.75 Å². The fraction of sp³-hybridized carbons (Fsp3) is 0.200. The number of esters is 1. The van der Waals surface area contributed by atoms with Crippen molar-refractivity contribution in [3.8, 4) is 5.75 Å². The van der Waals surface area contributed by atoms with Crippen LogP contribution in [0.3, 0.4) is 0 Å². The number of methoxy groups -OCH3 is 2. The van der Waals surface area contributed by atoms with Gasteiger partial charge >= 0.3 is 12.1 Å². The Bertz CT molecular complexity index is 1270. The van der Waals surface area contributed by atoms with Crippen LogP contribution in [-0.4, -0.2) is 36.9 Å². The van der Waals surface area contributed by atoms with Crippen LogP contribution in [-0.2, 0) is 4.74 Å². The average Bonchev–Trinajstić information content (AvgIpc) is 2.86. The minimum atomic E-state index is -0.983. The first-order valence-electron chi connectivity index (χ1n) is 11.5. The Hall–Kier alpha value is -4.32. The molecule has 0 aromatic heterocycles. The summed E-state index contributed by atoms with van der Waals surface area (Å²) in [5, 5.41) is 9.58. The smallest absolute Gasteiger partial charge is 0.412 e. The molecule has 0 aliphatic rings. The van der Waals surface area contributed by atoms with Gasteiger partial charge in [-0.1, -0.05) is 60.7 Å². The molecule has 0 radical (unpaired) electrons. The molecule has 0 unspecified atom stereocenters. The fourth-order valence-corrected chi connectivity index (χ4v) is 3.71. The first-order chi connectivity index (χ1) is 17.1. The first kappa shape index (κ1) is 26.3. The molecule has 36 heavy (non-hydrogen) atoms. The predicted octanol–water partition coefficient (Wildman–Crippen LogP) is 7.11. The maximum atomic E-state index is 11.7. The number of hydrogen-bond acceptors (Lipinski definition) is 4. The Morgan fingerprint density at radius 1 is 0.778 bits per heavy atom. The number of rotatable bonds is 7. The zero-order valence-electron chi connectivity index (χ0n) is 21.2. The van der Waals surface area contributed by atoms with Gasteiger partial charge in [-0.15, -0.1) is 0 Å². The van der Waals surface area contributed by atoms with E-state index in [0.717, 1.165) is 28.0 Å². The van der Waals surface area contributed by atoms with Crippen LogP contribution in [0.25, 0.3) is 24.3 Å². The van der Waals surface area contributed by atoms with E-state index in [2.05, 4.69) is 0 Å². The maximum Gasteiger partial charge on any atom is 0.412 e. The molecule has 0 heterocycles. The molecule has 186 valence electrons. The van der Waals surface area contributed by atoms with E-state index in [1.807, 2.05) is 99.7 Å². The first-order valence-corrected chi connectivity index (χ1v) is 11.5. The lowest BCUT2D eigenvalue weighted by Crippen LogP contribution is -2.45. The number of carboxylic acid groups (broad SMARTS) is 1. The normalized spacial score (nSPS) is 11.6. The largest absolute Gasteiger partial charge is 0.496 e. The van der Waals surface area contributed by atoms with E-state index in [1.54, 1.807) is 19.2 Å². The van der Waals surface area contributed by atoms with Gasteiger partial charge in [0.25, 0.3) is 0 Å². The number of nitrogens with zero attached hydrogens (tertiary/aromatic N) is 1. The predicted molar refractivity (Wildman–Crippen MR) is 145 cm³/mol. The molecular formula is C30H31NO5. The molecule has 0 atom stereocenters. The minimum Gasteiger partial charge on any atom is -0.496 e. The van der Waals surface area contributed by atoms with Crippen molar-refractivity contribution in [2.75, 3.05) is 19.1 Å². The van der Waals surface area contributed by atoms with Gasteiger partial charge in [-0.05, 0) is 67.8 Å². The van der Waals surface area contributed by atoms with Crippen molar-refractivity contribution < 1.29 is 24.2 Å². The van der Waals surface area contributed by atoms with Gasteiger partial charge in [-0.3, -0.25) is 4.90 Å². The van der Waals surface area contributed by atoms with E-state index in [4.69, 9.17) is 9.47 Å². The fourth-order valence-electron chi connectivity index (χ4n) is 3.71. The van der Waals surface area contributed by atoms with E-state index in [0.29, 0.717) is 11.3 Å². The van der Waals surface area contributed by atoms with Crippen molar-refractivity contribution in [3.63, 3.8) is 0 Å². The Labute approximate surface area is 212 Å². The zero-order valence-corrected chi connectivity index (χ0v) is 21.2. The molecule has 0 aliphatic heterocycles. The molecular weight excluding hydrogens is 454 g/mol. The summed E-state index contributed by atoms with van der Waals surface area (Å²) in [6.07, 6.45) is 6.88. The molecule has 3 aromatic carbocycles. The van der Waals surface area contributed by atoms with Crippen molar-refractivity contribution in [1.82, 2.24) is 0 Å². The van der Waals surface area contributed by atoms with Crippen LogP contribution in [0.2, 0.25) is 0 Å². The van der Waals surface area contributed by atoms with E-state index in [1.165, 1.54) is 12.0 Å². The van der Waals surface area contributed by atoms with Gasteiger partial charge < -0.3 is 14.6 Å². The van der Waals surface area contributed by atoms with E-state index in [-0.39, 0.29) is 5.97 Å². The van der Waals surface area contributed by atoms with Crippen molar-refractivity contribution in [2.45, 2.75) is 26.3 Å². The second-order valence-electron chi connectivity index (χ2n) is 9.16. The number of carbonyl (C=O) groups is 2. The molecule has 3 rings (SSSR count). The molecule has 0 bridgehead atoms. The van der Waals surface area contributed by atoms with Crippen molar-refractivity contribution in [3.05, 3.63) is 94.5 Å². The van der Waals surface area contributed by atoms with E-state index in [9.17, 15) is 14.7 Å². The van der Waals surface area contributed by atoms with Crippen LogP contribution in [0.4, 0.5) is 10.5 Å². The van der Waals surface area contributed by atoms with Crippen LogP contribution in [0, 0.1) is 0 Å². The van der Waals surface area contributed by atoms with E-state index >= 15 is 0 Å². The van der Waals surface area contributed by atoms with Crippen LogP contribution >= 0.6 is 0 Å². The summed E-state index contributed by atoms with van der Waals surface area (Å²) in [7, 11) is 2.99. The van der Waals surface area contributed by atoms with Gasteiger partial charge in [0.15, 0.2) is 0 Å². The Kier molecular flexibility index (Phi) is 8.33. The van der Waals surface area contributed by atoms with Crippen molar-refractivity contribution in [1.29, 1.82) is 0 Å². The lowest BCUT2D eigenvalue weighted by Gasteiger charge is -2.33. The van der Waals surface area contributed by atoms with Gasteiger partial charge in [0, 0.05) is 16.8 Å². The molecule has 0 spiro atoms. The molecule has 3 aromatic rings. The van der Waals surface area contributed by atoms with Gasteiger partial charge in [0.2, 0.25) is 0 Å². The van der Waals surface area contributed by atoms with Gasteiger partial charge in [-0.25, -0.2) is 9.59 Å². The second kappa shape index (κ2) is 11.4. The number of anilines is 1. The highest BCUT2D eigenvalue weighted by Gasteiger charge is 2.27. The maximum absolute atomic E-state index is 11.7. The molecule has 0 saturated carbocycles. The third kappa shape index (κ3) is 6.63. The summed E-state index contributed by atoms with van der Waals surface area (Å²) in [5.74, 6) is 0.373. The second-order valence-corrected chi connectivity index (χ2v) is 9.16. The molecule has 0 saturated heterocycles. The molecule has 0 aliphatic carbocycles. The van der Waals surface area contributed by atoms with Crippen LogP contribution in [0.15, 0.2) is 66.7 Å². The lowest BCUT2D eigenvalue weighted by molar-refractivity contribution is 0.0600. The standard InChI is InChI=1S/C30H31NO5/c1-30(2,3)31(29(33)34)26-18-12-22(13-19-26)8-14-24-15-11-23(20-27(24)35-4)7-6-21-9-16-25(17-10-21)28(32)36-5/h6-20H,1-5H3,(H,33,34)/b7-6+,14-8+. The molecule has 1 amide bonds. The highest BCUT2D eigenvalue weighted by atomic mass is 16.5. The minimum absolute atomic E-state index is 0.359. The molecule has 6 heteroatoms. The average molecular weight is 486 g/mol. The topological polar surface area (TPSA) is 76.1 Å². The summed E-state index contributed by atoms with van der Waals surface area (Å²) in [6.45, 7) is 5.59. The Morgan fingerprint density at radius 2 is 1.31 bits per heavy atom. The lowest BCUT2D eigenvalue weighted by atomic mass is 10.0. The third-order valence-corrected chi connectivity index (χ3v) is 5.53. The van der Waals surface area contributed by atoms with Crippen LogP contribution in [0.1, 0.15) is 53.4 Å². The molecule has 1 N–H and O–H groups in total. The monoisotopic (exact) mass is 485 g/mol. The quantitative estimate of drug-likeness (QED) is 0.285.